The summed E-state index contributed by atoms with van der Waals surface area (Å²) >= 11 is 0. The number of Topliss-reactive ketones (excluding diaryl/α,β-unsaturated/α-hetero) is 1. The number of nitrogens with zero attached hydrogens (tertiary/aromatic N) is 5. The van der Waals surface area contributed by atoms with Gasteiger partial charge >= 0.3 is 0 Å². The van der Waals surface area contributed by atoms with Gasteiger partial charge in [0, 0.05) is 24.2 Å². The number of carbonyl (C=O) groups is 1. The van der Waals surface area contributed by atoms with Crippen molar-refractivity contribution in [3.63, 3.8) is 0 Å². The maximum Gasteiger partial charge on any atom is 0.245 e. The van der Waals surface area contributed by atoms with Gasteiger partial charge in [0.2, 0.25) is 11.5 Å². The number of carbonyl (C=O) groups excluding carboxylic acids is 1. The van der Waals surface area contributed by atoms with Gasteiger partial charge in [0.25, 0.3) is 0 Å². The predicted octanol–water partition coefficient (Wildman–Crippen LogP) is 2.32. The molecular weight excluding hydrogens is 410 g/mol. The minimum atomic E-state index is -0.176. The van der Waals surface area contributed by atoms with E-state index in [2.05, 4.69) is 36.0 Å². The molecular formula is C23H31N5O4. The van der Waals surface area contributed by atoms with Crippen molar-refractivity contribution in [3.8, 4) is 11.6 Å². The minimum absolute atomic E-state index is 0.00746. The van der Waals surface area contributed by atoms with Gasteiger partial charge in [0.15, 0.2) is 11.4 Å². The summed E-state index contributed by atoms with van der Waals surface area (Å²) in [5.74, 6) is 0.891. The van der Waals surface area contributed by atoms with Crippen LogP contribution in [0.5, 0.6) is 11.6 Å². The van der Waals surface area contributed by atoms with Crippen LogP contribution in [0.15, 0.2) is 29.3 Å². The smallest absolute Gasteiger partial charge is 0.245 e. The van der Waals surface area contributed by atoms with E-state index in [0.29, 0.717) is 35.1 Å². The van der Waals surface area contributed by atoms with Crippen molar-refractivity contribution in [2.45, 2.75) is 46.6 Å². The average molecular weight is 442 g/mol. The molecule has 0 unspecified atom stereocenters. The van der Waals surface area contributed by atoms with E-state index in [0.717, 1.165) is 11.1 Å². The Hall–Kier alpha value is -3.20. The van der Waals surface area contributed by atoms with Crippen molar-refractivity contribution >= 4 is 11.4 Å². The van der Waals surface area contributed by atoms with Gasteiger partial charge in [-0.2, -0.15) is 4.52 Å². The van der Waals surface area contributed by atoms with E-state index < -0.39 is 0 Å². The summed E-state index contributed by atoms with van der Waals surface area (Å²) in [7, 11) is 1.63. The molecule has 0 bridgehead atoms. The molecule has 0 fully saturated rings. The van der Waals surface area contributed by atoms with Crippen molar-refractivity contribution in [1.29, 1.82) is 0 Å². The van der Waals surface area contributed by atoms with Gasteiger partial charge in [-0.15, -0.1) is 10.2 Å². The summed E-state index contributed by atoms with van der Waals surface area (Å²) < 4.78 is 14.3. The van der Waals surface area contributed by atoms with E-state index in [1.54, 1.807) is 22.3 Å². The molecule has 0 aliphatic carbocycles. The number of aromatic nitrogens is 4. The Balaban J connectivity index is 2.02. The molecule has 172 valence electrons. The highest BCUT2D eigenvalue weighted by Gasteiger charge is 2.20. The lowest BCUT2D eigenvalue weighted by Gasteiger charge is -2.21. The molecule has 1 N–H and O–H groups in total. The lowest BCUT2D eigenvalue weighted by molar-refractivity contribution is 0.0965. The number of aliphatic hydroxyl groups is 1. The van der Waals surface area contributed by atoms with Crippen LogP contribution in [0.4, 0.5) is 0 Å². The number of ketones is 1. The standard InChI is InChI=1S/C23H31N5O4/c1-7-31-20-10-15(2)21-26-27(22(24-6)28(21)25-20)14-19(30)16-11-17(23(3,4)5)13-18(12-16)32-9-8-29/h10-13,29H,7-9,14H2,1-6H3. The zero-order valence-electron chi connectivity index (χ0n) is 19.5. The molecule has 0 atom stereocenters. The Morgan fingerprint density at radius 1 is 1.16 bits per heavy atom. The first-order valence-electron chi connectivity index (χ1n) is 10.6. The van der Waals surface area contributed by atoms with Gasteiger partial charge in [-0.05, 0) is 43.0 Å². The monoisotopic (exact) mass is 441 g/mol. The molecule has 1 aromatic carbocycles. The summed E-state index contributed by atoms with van der Waals surface area (Å²) in [4.78, 5) is 17.6. The third-order valence-corrected chi connectivity index (χ3v) is 4.97. The number of aliphatic hydroxyl groups excluding tert-OH is 1. The second-order valence-corrected chi connectivity index (χ2v) is 8.51. The van der Waals surface area contributed by atoms with Crippen LogP contribution in [0.1, 0.15) is 49.2 Å². The number of rotatable bonds is 8. The highest BCUT2D eigenvalue weighted by molar-refractivity contribution is 5.96. The third-order valence-electron chi connectivity index (χ3n) is 4.97. The summed E-state index contributed by atoms with van der Waals surface area (Å²) in [5, 5.41) is 18.1. The van der Waals surface area contributed by atoms with Crippen LogP contribution in [0.2, 0.25) is 0 Å². The number of benzene rings is 1. The molecule has 2 aromatic heterocycles. The highest BCUT2D eigenvalue weighted by Crippen LogP contribution is 2.28. The number of fused-ring (bicyclic) bond motifs is 1. The van der Waals surface area contributed by atoms with Crippen LogP contribution in [-0.2, 0) is 12.0 Å². The molecule has 3 rings (SSSR count). The fourth-order valence-corrected chi connectivity index (χ4v) is 3.32. The number of hydrogen-bond acceptors (Lipinski definition) is 7. The maximum atomic E-state index is 13.3. The van der Waals surface area contributed by atoms with Gasteiger partial charge in [-0.3, -0.25) is 9.79 Å². The molecule has 0 spiro atoms. The maximum absolute atomic E-state index is 13.3. The second kappa shape index (κ2) is 9.52. The minimum Gasteiger partial charge on any atom is -0.491 e. The van der Waals surface area contributed by atoms with Gasteiger partial charge in [0.1, 0.15) is 18.9 Å². The molecule has 3 aromatic rings. The second-order valence-electron chi connectivity index (χ2n) is 8.51. The normalized spacial score (nSPS) is 12.4. The lowest BCUT2D eigenvalue weighted by Crippen LogP contribution is -2.27. The quantitative estimate of drug-likeness (QED) is 0.538. The summed E-state index contributed by atoms with van der Waals surface area (Å²) in [5.41, 5.74) is 3.23. The zero-order valence-corrected chi connectivity index (χ0v) is 19.5. The Morgan fingerprint density at radius 3 is 2.53 bits per heavy atom. The molecule has 9 nitrogen and oxygen atoms in total. The number of hydrogen-bond donors (Lipinski definition) is 1. The Morgan fingerprint density at radius 2 is 1.91 bits per heavy atom. The SMILES string of the molecule is CCOc1cc(C)c2nn(CC(=O)c3cc(OCCO)cc(C(C)(C)C)c3)c(=NC)n2n1. The van der Waals surface area contributed by atoms with E-state index in [1.165, 1.54) is 0 Å². The molecule has 0 saturated carbocycles. The van der Waals surface area contributed by atoms with E-state index in [4.69, 9.17) is 14.6 Å². The van der Waals surface area contributed by atoms with Crippen LogP contribution in [0.25, 0.3) is 5.65 Å². The van der Waals surface area contributed by atoms with E-state index >= 15 is 0 Å². The van der Waals surface area contributed by atoms with Crippen LogP contribution in [0.3, 0.4) is 0 Å². The van der Waals surface area contributed by atoms with Crippen molar-refractivity contribution in [1.82, 2.24) is 19.4 Å². The first kappa shape index (κ1) is 23.5. The first-order chi connectivity index (χ1) is 15.2. The van der Waals surface area contributed by atoms with Gasteiger partial charge in [-0.25, -0.2) is 4.68 Å². The van der Waals surface area contributed by atoms with Gasteiger partial charge in [-0.1, -0.05) is 20.8 Å². The molecule has 0 radical (unpaired) electrons. The van der Waals surface area contributed by atoms with Crippen molar-refractivity contribution in [2.24, 2.45) is 4.99 Å². The van der Waals surface area contributed by atoms with Crippen molar-refractivity contribution in [2.75, 3.05) is 26.9 Å². The van der Waals surface area contributed by atoms with Gasteiger partial charge in [0.05, 0.1) is 13.2 Å². The van der Waals surface area contributed by atoms with Crippen LogP contribution < -0.4 is 15.1 Å². The van der Waals surface area contributed by atoms with Crippen molar-refractivity contribution in [3.05, 3.63) is 46.6 Å². The van der Waals surface area contributed by atoms with E-state index in [-0.39, 0.29) is 31.0 Å². The topological polar surface area (TPSA) is 103 Å². The Bertz CT molecular complexity index is 1190. The zero-order chi connectivity index (χ0) is 23.5. The van der Waals surface area contributed by atoms with Crippen LogP contribution >= 0.6 is 0 Å². The fourth-order valence-electron chi connectivity index (χ4n) is 3.32. The van der Waals surface area contributed by atoms with Gasteiger partial charge < -0.3 is 14.6 Å². The molecule has 0 saturated heterocycles. The molecule has 0 aliphatic heterocycles. The Labute approximate surface area is 187 Å². The third kappa shape index (κ3) is 4.99. The van der Waals surface area contributed by atoms with E-state index in [1.807, 2.05) is 32.0 Å². The predicted molar refractivity (Wildman–Crippen MR) is 120 cm³/mol. The number of aryl methyl sites for hydroxylation is 1. The average Bonchev–Trinajstić information content (AvgIpc) is 3.09. The number of ether oxygens (including phenoxy) is 2. The fraction of sp³-hybridized carbons (Fsp3) is 0.478. The molecule has 32 heavy (non-hydrogen) atoms. The first-order valence-corrected chi connectivity index (χ1v) is 10.6. The largest absolute Gasteiger partial charge is 0.491 e. The molecule has 9 heteroatoms. The molecule has 2 heterocycles. The summed E-state index contributed by atoms with van der Waals surface area (Å²) in [6.45, 7) is 10.6. The van der Waals surface area contributed by atoms with E-state index in [9.17, 15) is 4.79 Å². The Kier molecular flexibility index (Phi) is 6.98. The van der Waals surface area contributed by atoms with Crippen LogP contribution in [0, 0.1) is 6.92 Å². The van der Waals surface area contributed by atoms with Crippen LogP contribution in [-0.4, -0.2) is 57.2 Å². The molecule has 0 amide bonds. The molecule has 0 aliphatic rings. The van der Waals surface area contributed by atoms with Crippen molar-refractivity contribution < 1.29 is 19.4 Å². The summed E-state index contributed by atoms with van der Waals surface area (Å²) in [6, 6.07) is 7.29. The lowest BCUT2D eigenvalue weighted by atomic mass is 9.85. The highest BCUT2D eigenvalue weighted by atomic mass is 16.5. The summed E-state index contributed by atoms with van der Waals surface area (Å²) in [6.07, 6.45) is 0.